The SMILES string of the molecule is NC(=S)C1(C(=O)NCc2nn[nH]n2)CCC1. The molecule has 1 fully saturated rings. The zero-order chi connectivity index (χ0) is 11.6. The monoisotopic (exact) mass is 240 g/mol. The number of aromatic amines is 1. The molecule has 1 amide bonds. The van der Waals surface area contributed by atoms with Crippen LogP contribution in [0, 0.1) is 5.41 Å². The molecule has 0 saturated heterocycles. The molecule has 0 spiro atoms. The van der Waals surface area contributed by atoms with Crippen LogP contribution < -0.4 is 11.1 Å². The summed E-state index contributed by atoms with van der Waals surface area (Å²) in [4.78, 5) is 12.2. The fourth-order valence-corrected chi connectivity index (χ4v) is 2.00. The summed E-state index contributed by atoms with van der Waals surface area (Å²) in [5, 5.41) is 15.9. The van der Waals surface area contributed by atoms with Gasteiger partial charge in [0.2, 0.25) is 5.91 Å². The number of thiocarbonyl (C=S) groups is 1. The minimum absolute atomic E-state index is 0.143. The number of tetrazole rings is 1. The van der Waals surface area contributed by atoms with Crippen LogP contribution in [0.1, 0.15) is 25.1 Å². The van der Waals surface area contributed by atoms with Gasteiger partial charge in [0, 0.05) is 0 Å². The third-order valence-electron chi connectivity index (χ3n) is 2.91. The Labute approximate surface area is 97.2 Å². The van der Waals surface area contributed by atoms with E-state index in [1.54, 1.807) is 0 Å². The van der Waals surface area contributed by atoms with E-state index < -0.39 is 5.41 Å². The van der Waals surface area contributed by atoms with Gasteiger partial charge in [-0.2, -0.15) is 5.21 Å². The topological polar surface area (TPSA) is 110 Å². The number of aromatic nitrogens is 4. The molecule has 1 aromatic heterocycles. The van der Waals surface area contributed by atoms with E-state index in [4.69, 9.17) is 18.0 Å². The molecule has 1 saturated carbocycles. The average Bonchev–Trinajstić information content (AvgIpc) is 2.64. The average molecular weight is 240 g/mol. The van der Waals surface area contributed by atoms with Gasteiger partial charge in [0.05, 0.1) is 16.9 Å². The zero-order valence-electron chi connectivity index (χ0n) is 8.56. The fraction of sp³-hybridized carbons (Fsp3) is 0.625. The van der Waals surface area contributed by atoms with Gasteiger partial charge in [-0.05, 0) is 12.8 Å². The van der Waals surface area contributed by atoms with E-state index >= 15 is 0 Å². The summed E-state index contributed by atoms with van der Waals surface area (Å²) in [5.74, 6) is 0.293. The molecule has 2 rings (SSSR count). The lowest BCUT2D eigenvalue weighted by Crippen LogP contribution is -2.53. The summed E-state index contributed by atoms with van der Waals surface area (Å²) in [6.45, 7) is 0.236. The number of amides is 1. The van der Waals surface area contributed by atoms with Crippen molar-refractivity contribution in [1.29, 1.82) is 0 Å². The predicted molar refractivity (Wildman–Crippen MR) is 59.1 cm³/mol. The number of rotatable bonds is 4. The highest BCUT2D eigenvalue weighted by atomic mass is 32.1. The van der Waals surface area contributed by atoms with Crippen molar-refractivity contribution in [3.05, 3.63) is 5.82 Å². The van der Waals surface area contributed by atoms with Gasteiger partial charge in [0.1, 0.15) is 0 Å². The van der Waals surface area contributed by atoms with Crippen LogP contribution >= 0.6 is 12.2 Å². The molecule has 1 heterocycles. The van der Waals surface area contributed by atoms with Gasteiger partial charge in [-0.15, -0.1) is 10.2 Å². The maximum atomic E-state index is 11.9. The summed E-state index contributed by atoms with van der Waals surface area (Å²) in [6.07, 6.45) is 2.42. The van der Waals surface area contributed by atoms with E-state index in [0.717, 1.165) is 19.3 Å². The van der Waals surface area contributed by atoms with Crippen LogP contribution in [0.25, 0.3) is 0 Å². The van der Waals surface area contributed by atoms with E-state index in [2.05, 4.69) is 25.9 Å². The molecule has 0 radical (unpaired) electrons. The van der Waals surface area contributed by atoms with Crippen LogP contribution in [0.4, 0.5) is 0 Å². The molecule has 0 aliphatic heterocycles. The van der Waals surface area contributed by atoms with Crippen LogP contribution in [0.2, 0.25) is 0 Å². The highest BCUT2D eigenvalue weighted by Crippen LogP contribution is 2.41. The Morgan fingerprint density at radius 1 is 1.62 bits per heavy atom. The second-order valence-corrected chi connectivity index (χ2v) is 4.25. The number of hydrogen-bond donors (Lipinski definition) is 3. The van der Waals surface area contributed by atoms with Crippen LogP contribution in [-0.4, -0.2) is 31.5 Å². The molecule has 4 N–H and O–H groups in total. The minimum atomic E-state index is -0.654. The van der Waals surface area contributed by atoms with Crippen molar-refractivity contribution in [3.8, 4) is 0 Å². The van der Waals surface area contributed by atoms with Crippen LogP contribution in [0.3, 0.4) is 0 Å². The lowest BCUT2D eigenvalue weighted by molar-refractivity contribution is -0.131. The third-order valence-corrected chi connectivity index (χ3v) is 3.30. The van der Waals surface area contributed by atoms with Gasteiger partial charge >= 0.3 is 0 Å². The maximum Gasteiger partial charge on any atom is 0.233 e. The number of nitrogens with one attached hydrogen (secondary N) is 2. The van der Waals surface area contributed by atoms with Gasteiger partial charge in [-0.1, -0.05) is 23.9 Å². The lowest BCUT2D eigenvalue weighted by atomic mass is 9.68. The zero-order valence-corrected chi connectivity index (χ0v) is 9.38. The highest BCUT2D eigenvalue weighted by Gasteiger charge is 2.46. The van der Waals surface area contributed by atoms with Gasteiger partial charge in [0.15, 0.2) is 5.82 Å². The molecule has 0 aromatic carbocycles. The van der Waals surface area contributed by atoms with Crippen molar-refractivity contribution in [2.45, 2.75) is 25.8 Å². The quantitative estimate of drug-likeness (QED) is 0.599. The number of nitrogens with zero attached hydrogens (tertiary/aromatic N) is 3. The second-order valence-electron chi connectivity index (χ2n) is 3.81. The molecular weight excluding hydrogens is 228 g/mol. The van der Waals surface area contributed by atoms with Crippen LogP contribution in [0.5, 0.6) is 0 Å². The minimum Gasteiger partial charge on any atom is -0.392 e. The van der Waals surface area contributed by atoms with Crippen molar-refractivity contribution in [2.75, 3.05) is 0 Å². The Morgan fingerprint density at radius 3 is 2.81 bits per heavy atom. The predicted octanol–water partition coefficient (Wildman–Crippen LogP) is -0.728. The first-order valence-electron chi connectivity index (χ1n) is 4.96. The van der Waals surface area contributed by atoms with Crippen LogP contribution in [-0.2, 0) is 11.3 Å². The van der Waals surface area contributed by atoms with Gasteiger partial charge in [-0.25, -0.2) is 0 Å². The summed E-state index contributed by atoms with van der Waals surface area (Å²) in [5.41, 5.74) is 4.95. The summed E-state index contributed by atoms with van der Waals surface area (Å²) in [7, 11) is 0. The Balaban J connectivity index is 1.95. The lowest BCUT2D eigenvalue weighted by Gasteiger charge is -2.38. The summed E-state index contributed by atoms with van der Waals surface area (Å²) >= 11 is 4.94. The molecular formula is C8H12N6OS. The molecule has 16 heavy (non-hydrogen) atoms. The van der Waals surface area contributed by atoms with E-state index in [1.807, 2.05) is 0 Å². The second kappa shape index (κ2) is 4.12. The van der Waals surface area contributed by atoms with E-state index in [9.17, 15) is 4.79 Å². The standard InChI is InChI=1S/C8H12N6OS/c9-6(16)8(2-1-3-8)7(15)10-4-5-11-13-14-12-5/h1-4H2,(H2,9,16)(H,10,15)(H,11,12,13,14). The van der Waals surface area contributed by atoms with Crippen molar-refractivity contribution < 1.29 is 4.79 Å². The largest absolute Gasteiger partial charge is 0.392 e. The van der Waals surface area contributed by atoms with E-state index in [0.29, 0.717) is 5.82 Å². The first-order chi connectivity index (χ1) is 7.65. The van der Waals surface area contributed by atoms with Crippen molar-refractivity contribution in [2.24, 2.45) is 11.1 Å². The van der Waals surface area contributed by atoms with Crippen molar-refractivity contribution in [1.82, 2.24) is 25.9 Å². The molecule has 1 aliphatic carbocycles. The van der Waals surface area contributed by atoms with Crippen LogP contribution in [0.15, 0.2) is 0 Å². The van der Waals surface area contributed by atoms with Gasteiger partial charge in [-0.3, -0.25) is 4.79 Å². The van der Waals surface area contributed by atoms with Gasteiger partial charge < -0.3 is 11.1 Å². The highest BCUT2D eigenvalue weighted by molar-refractivity contribution is 7.80. The number of nitrogens with two attached hydrogens (primary N) is 1. The molecule has 0 bridgehead atoms. The molecule has 7 nitrogen and oxygen atoms in total. The number of carbonyl (C=O) groups excluding carboxylic acids is 1. The van der Waals surface area contributed by atoms with Gasteiger partial charge in [0.25, 0.3) is 0 Å². The Bertz CT molecular complexity index is 399. The molecule has 86 valence electrons. The molecule has 0 unspecified atom stereocenters. The van der Waals surface area contributed by atoms with Crippen molar-refractivity contribution >= 4 is 23.1 Å². The third kappa shape index (κ3) is 1.75. The first kappa shape index (κ1) is 10.9. The number of H-pyrrole nitrogens is 1. The summed E-state index contributed by atoms with van der Waals surface area (Å²) in [6, 6.07) is 0. The van der Waals surface area contributed by atoms with E-state index in [-0.39, 0.29) is 17.4 Å². The normalized spacial score (nSPS) is 17.5. The van der Waals surface area contributed by atoms with Crippen molar-refractivity contribution in [3.63, 3.8) is 0 Å². The number of hydrogen-bond acceptors (Lipinski definition) is 5. The first-order valence-corrected chi connectivity index (χ1v) is 5.36. The molecule has 0 atom stereocenters. The molecule has 1 aliphatic rings. The Hall–Kier alpha value is -1.57. The maximum absolute atomic E-state index is 11.9. The summed E-state index contributed by atoms with van der Waals surface area (Å²) < 4.78 is 0. The fourth-order valence-electron chi connectivity index (χ4n) is 1.70. The number of carbonyl (C=O) groups is 1. The molecule has 1 aromatic rings. The Kier molecular flexibility index (Phi) is 2.82. The molecule has 8 heteroatoms. The smallest absolute Gasteiger partial charge is 0.233 e. The Morgan fingerprint density at radius 2 is 2.38 bits per heavy atom. The van der Waals surface area contributed by atoms with E-state index in [1.165, 1.54) is 0 Å².